The monoisotopic (exact) mass is 379 g/mol. The van der Waals surface area contributed by atoms with Crippen molar-refractivity contribution in [1.29, 1.82) is 0 Å². The maximum atomic E-state index is 12.7. The van der Waals surface area contributed by atoms with Gasteiger partial charge >= 0.3 is 0 Å². The summed E-state index contributed by atoms with van der Waals surface area (Å²) in [4.78, 5) is 2.48. The van der Waals surface area contributed by atoms with Gasteiger partial charge in [-0.3, -0.25) is 4.90 Å². The van der Waals surface area contributed by atoms with E-state index in [2.05, 4.69) is 37.5 Å². The minimum Gasteiger partial charge on any atom is -0.481 e. The van der Waals surface area contributed by atoms with Crippen LogP contribution in [0.5, 0.6) is 5.75 Å². The molecule has 5 nitrogen and oxygen atoms in total. The van der Waals surface area contributed by atoms with E-state index in [0.717, 1.165) is 0 Å². The lowest BCUT2D eigenvalue weighted by atomic mass is 9.90. The molecular weight excluding hydrogens is 350 g/mol. The zero-order valence-electron chi connectivity index (χ0n) is 16.1. The summed E-state index contributed by atoms with van der Waals surface area (Å²) in [5.74, 6) is 5.84. The predicted octanol–water partition coefficient (Wildman–Crippen LogP) is 2.49. The van der Waals surface area contributed by atoms with Crippen LogP contribution in [0.1, 0.15) is 40.5 Å². The number of benzene rings is 1. The third-order valence-electron chi connectivity index (χ3n) is 4.77. The molecule has 0 unspecified atom stereocenters. The molecule has 26 heavy (non-hydrogen) atoms. The second kappa shape index (κ2) is 7.99. The first-order valence-corrected chi connectivity index (χ1v) is 10.5. The van der Waals surface area contributed by atoms with E-state index in [4.69, 9.17) is 4.74 Å². The Morgan fingerprint density at radius 1 is 1.19 bits per heavy atom. The van der Waals surface area contributed by atoms with E-state index < -0.39 is 15.4 Å². The van der Waals surface area contributed by atoms with E-state index in [1.165, 1.54) is 12.1 Å². The molecule has 6 heteroatoms. The van der Waals surface area contributed by atoms with E-state index in [1.54, 1.807) is 19.1 Å². The number of likely N-dealkylation sites (tertiary alicyclic amines) is 1. The molecule has 1 aliphatic rings. The normalized spacial score (nSPS) is 18.0. The highest BCUT2D eigenvalue weighted by Crippen LogP contribution is 2.30. The Balaban J connectivity index is 2.02. The van der Waals surface area contributed by atoms with Gasteiger partial charge in [-0.05, 0) is 64.8 Å². The van der Waals surface area contributed by atoms with Crippen LogP contribution in [0.3, 0.4) is 0 Å². The Kier molecular flexibility index (Phi) is 6.38. The van der Waals surface area contributed by atoms with E-state index in [-0.39, 0.29) is 22.8 Å². The fraction of sp³-hybridized carbons (Fsp3) is 0.600. The van der Waals surface area contributed by atoms with Crippen molar-refractivity contribution in [2.75, 3.05) is 25.4 Å². The van der Waals surface area contributed by atoms with Crippen molar-refractivity contribution in [2.45, 2.75) is 56.6 Å². The Morgan fingerprint density at radius 2 is 1.77 bits per heavy atom. The lowest BCUT2D eigenvalue weighted by molar-refractivity contribution is -0.0261. The molecule has 1 aliphatic heterocycles. The van der Waals surface area contributed by atoms with Crippen molar-refractivity contribution < 1.29 is 18.3 Å². The van der Waals surface area contributed by atoms with Crippen LogP contribution in [-0.4, -0.2) is 55.0 Å². The van der Waals surface area contributed by atoms with Crippen LogP contribution in [0.15, 0.2) is 29.2 Å². The molecule has 144 valence electrons. The molecule has 2 rings (SSSR count). The van der Waals surface area contributed by atoms with Crippen LogP contribution in [0, 0.1) is 11.8 Å². The highest BCUT2D eigenvalue weighted by molar-refractivity contribution is 7.91. The van der Waals surface area contributed by atoms with Gasteiger partial charge in [-0.2, -0.15) is 0 Å². The number of sulfone groups is 1. The van der Waals surface area contributed by atoms with Crippen LogP contribution in [0.25, 0.3) is 0 Å². The quantitative estimate of drug-likeness (QED) is 0.796. The lowest BCUT2D eigenvalue weighted by Gasteiger charge is -2.44. The van der Waals surface area contributed by atoms with Crippen LogP contribution < -0.4 is 4.74 Å². The molecule has 0 radical (unpaired) electrons. The summed E-state index contributed by atoms with van der Waals surface area (Å²) < 4.78 is 30.8. The summed E-state index contributed by atoms with van der Waals surface area (Å²) in [7, 11) is -3.57. The Bertz CT molecular complexity index is 759. The Morgan fingerprint density at radius 3 is 2.27 bits per heavy atom. The molecule has 1 aromatic rings. The maximum absolute atomic E-state index is 12.7. The minimum absolute atomic E-state index is 0.0260. The van der Waals surface area contributed by atoms with Gasteiger partial charge in [-0.15, -0.1) is 5.92 Å². The highest BCUT2D eigenvalue weighted by Gasteiger charge is 2.39. The van der Waals surface area contributed by atoms with E-state index in [0.29, 0.717) is 31.7 Å². The van der Waals surface area contributed by atoms with Gasteiger partial charge in [-0.1, -0.05) is 5.92 Å². The summed E-state index contributed by atoms with van der Waals surface area (Å²) in [6, 6.07) is 6.29. The third kappa shape index (κ3) is 5.47. The van der Waals surface area contributed by atoms with Crippen molar-refractivity contribution in [3.05, 3.63) is 24.3 Å². The SMILES string of the molecule is CC#CCOc1ccc(S(=O)(=O)CC2(O)CCN(C(C)(C)C)CC2)cc1. The third-order valence-corrected chi connectivity index (χ3v) is 6.68. The molecule has 0 aromatic heterocycles. The summed E-state index contributed by atoms with van der Waals surface area (Å²) in [5.41, 5.74) is -1.15. The first-order chi connectivity index (χ1) is 12.1. The molecule has 0 aliphatic carbocycles. The Labute approximate surface area is 157 Å². The second-order valence-electron chi connectivity index (χ2n) is 7.83. The topological polar surface area (TPSA) is 66.8 Å². The molecule has 1 aromatic carbocycles. The molecule has 0 spiro atoms. The predicted molar refractivity (Wildman–Crippen MR) is 103 cm³/mol. The second-order valence-corrected chi connectivity index (χ2v) is 9.82. The van der Waals surface area contributed by atoms with Gasteiger partial charge in [-0.25, -0.2) is 8.42 Å². The fourth-order valence-electron chi connectivity index (χ4n) is 3.11. The zero-order valence-corrected chi connectivity index (χ0v) is 16.9. The van der Waals surface area contributed by atoms with Crippen molar-refractivity contribution >= 4 is 9.84 Å². The first-order valence-electron chi connectivity index (χ1n) is 8.88. The maximum Gasteiger partial charge on any atom is 0.181 e. The van der Waals surface area contributed by atoms with E-state index in [9.17, 15) is 13.5 Å². The van der Waals surface area contributed by atoms with Crippen LogP contribution in [-0.2, 0) is 9.84 Å². The highest BCUT2D eigenvalue weighted by atomic mass is 32.2. The average Bonchev–Trinajstić information content (AvgIpc) is 2.54. The van der Waals surface area contributed by atoms with E-state index >= 15 is 0 Å². The smallest absolute Gasteiger partial charge is 0.181 e. The van der Waals surface area contributed by atoms with Crippen molar-refractivity contribution in [2.24, 2.45) is 0 Å². The molecule has 0 saturated carbocycles. The fourth-order valence-corrected chi connectivity index (χ4v) is 4.82. The molecule has 1 heterocycles. The average molecular weight is 380 g/mol. The summed E-state index contributed by atoms with van der Waals surface area (Å²) >= 11 is 0. The van der Waals surface area contributed by atoms with E-state index in [1.807, 2.05) is 0 Å². The number of ether oxygens (including phenoxy) is 1. The van der Waals surface area contributed by atoms with Gasteiger partial charge in [0.1, 0.15) is 12.4 Å². The summed E-state index contributed by atoms with van der Waals surface area (Å²) in [6.45, 7) is 9.78. The van der Waals surface area contributed by atoms with Crippen LogP contribution in [0.2, 0.25) is 0 Å². The number of aliphatic hydroxyl groups is 1. The van der Waals surface area contributed by atoms with Gasteiger partial charge in [0.2, 0.25) is 0 Å². The lowest BCUT2D eigenvalue weighted by Crippen LogP contribution is -2.53. The summed E-state index contributed by atoms with van der Waals surface area (Å²) in [5, 5.41) is 10.8. The van der Waals surface area contributed by atoms with Crippen LogP contribution in [0.4, 0.5) is 0 Å². The number of piperidine rings is 1. The number of hydrogen-bond donors (Lipinski definition) is 1. The van der Waals surface area contributed by atoms with Gasteiger partial charge in [0.05, 0.1) is 16.2 Å². The molecule has 0 bridgehead atoms. The molecule has 0 amide bonds. The number of nitrogens with zero attached hydrogens (tertiary/aromatic N) is 1. The van der Waals surface area contributed by atoms with Gasteiger partial charge in [0.15, 0.2) is 9.84 Å². The number of rotatable bonds is 5. The summed E-state index contributed by atoms with van der Waals surface area (Å²) in [6.07, 6.45) is 0.917. The van der Waals surface area contributed by atoms with Gasteiger partial charge in [0, 0.05) is 18.6 Å². The largest absolute Gasteiger partial charge is 0.481 e. The van der Waals surface area contributed by atoms with Crippen molar-refractivity contribution in [3.8, 4) is 17.6 Å². The Hall–Kier alpha value is -1.55. The number of hydrogen-bond acceptors (Lipinski definition) is 5. The molecule has 1 saturated heterocycles. The zero-order chi connectivity index (χ0) is 19.4. The molecule has 0 atom stereocenters. The van der Waals surface area contributed by atoms with Crippen molar-refractivity contribution in [3.63, 3.8) is 0 Å². The standard InChI is InChI=1S/C20H29NO4S/c1-5-6-15-25-17-7-9-18(10-8-17)26(23,24)16-20(22)11-13-21(14-12-20)19(2,3)4/h7-10,22H,11-16H2,1-4H3. The van der Waals surface area contributed by atoms with Gasteiger partial charge in [0.25, 0.3) is 0 Å². The molecule has 1 fully saturated rings. The first kappa shape index (κ1) is 20.8. The minimum atomic E-state index is -3.57. The molecular formula is C20H29NO4S. The molecule has 1 N–H and O–H groups in total. The van der Waals surface area contributed by atoms with Crippen LogP contribution >= 0.6 is 0 Å². The van der Waals surface area contributed by atoms with Gasteiger partial charge < -0.3 is 9.84 Å². The van der Waals surface area contributed by atoms with Crippen molar-refractivity contribution in [1.82, 2.24) is 4.90 Å².